The van der Waals surface area contributed by atoms with E-state index in [0.717, 1.165) is 6.42 Å². The molecule has 0 amide bonds. The molecule has 0 bridgehead atoms. The van der Waals surface area contributed by atoms with E-state index in [-0.39, 0.29) is 5.84 Å². The molecule has 3 N–H and O–H groups in total. The first-order valence-corrected chi connectivity index (χ1v) is 2.10. The molecule has 0 aliphatic rings. The van der Waals surface area contributed by atoms with Gasteiger partial charge in [0.25, 0.3) is 0 Å². The SMILES string of the molecule is CCC#CC(=N)N. The van der Waals surface area contributed by atoms with Crippen LogP contribution < -0.4 is 5.73 Å². The molecule has 0 aliphatic carbocycles. The minimum absolute atomic E-state index is 0.0538. The quantitative estimate of drug-likeness (QED) is 0.255. The number of nitrogens with two attached hydrogens (primary N) is 1. The Morgan fingerprint density at radius 3 is 2.57 bits per heavy atom. The van der Waals surface area contributed by atoms with Gasteiger partial charge in [-0.15, -0.1) is 0 Å². The monoisotopic (exact) mass is 96.1 g/mol. The van der Waals surface area contributed by atoms with E-state index >= 15 is 0 Å². The van der Waals surface area contributed by atoms with Crippen LogP contribution in [0.3, 0.4) is 0 Å². The molecule has 2 nitrogen and oxygen atoms in total. The molecule has 0 saturated heterocycles. The Morgan fingerprint density at radius 2 is 2.43 bits per heavy atom. The van der Waals surface area contributed by atoms with Crippen molar-refractivity contribution in [2.75, 3.05) is 0 Å². The van der Waals surface area contributed by atoms with Gasteiger partial charge in [0.15, 0.2) is 5.84 Å². The standard InChI is InChI=1S/C5H8N2/c1-2-3-4-5(6)7/h2H2,1H3,(H3,6,7). The van der Waals surface area contributed by atoms with E-state index in [4.69, 9.17) is 11.1 Å². The Labute approximate surface area is 43.2 Å². The van der Waals surface area contributed by atoms with Crippen LogP contribution in [0.4, 0.5) is 0 Å². The summed E-state index contributed by atoms with van der Waals surface area (Å²) in [6.07, 6.45) is 0.763. The van der Waals surface area contributed by atoms with E-state index in [1.54, 1.807) is 0 Å². The fourth-order valence-electron chi connectivity index (χ4n) is 0.184. The highest BCUT2D eigenvalue weighted by atomic mass is 14.7. The van der Waals surface area contributed by atoms with Crippen molar-refractivity contribution in [3.05, 3.63) is 0 Å². The fraction of sp³-hybridized carbons (Fsp3) is 0.400. The van der Waals surface area contributed by atoms with Gasteiger partial charge in [0.05, 0.1) is 0 Å². The van der Waals surface area contributed by atoms with Crippen LogP contribution in [0, 0.1) is 17.3 Å². The van der Waals surface area contributed by atoms with Crippen molar-refractivity contribution in [2.24, 2.45) is 5.73 Å². The van der Waals surface area contributed by atoms with Gasteiger partial charge in [-0.3, -0.25) is 5.41 Å². The number of rotatable bonds is 0. The zero-order chi connectivity index (χ0) is 5.70. The van der Waals surface area contributed by atoms with E-state index < -0.39 is 0 Å². The summed E-state index contributed by atoms with van der Waals surface area (Å²) < 4.78 is 0. The highest BCUT2D eigenvalue weighted by Crippen LogP contribution is 1.64. The average molecular weight is 96.1 g/mol. The second-order valence-corrected chi connectivity index (χ2v) is 1.07. The van der Waals surface area contributed by atoms with Crippen molar-refractivity contribution in [1.29, 1.82) is 5.41 Å². The van der Waals surface area contributed by atoms with Crippen LogP contribution in [0.25, 0.3) is 0 Å². The Hall–Kier alpha value is -0.970. The summed E-state index contributed by atoms with van der Waals surface area (Å²) >= 11 is 0. The van der Waals surface area contributed by atoms with E-state index in [1.165, 1.54) is 0 Å². The Morgan fingerprint density at radius 1 is 1.86 bits per heavy atom. The molecular formula is C5H8N2. The van der Waals surface area contributed by atoms with Crippen molar-refractivity contribution in [3.63, 3.8) is 0 Å². The first kappa shape index (κ1) is 6.03. The molecule has 7 heavy (non-hydrogen) atoms. The van der Waals surface area contributed by atoms with Crippen LogP contribution in [0.1, 0.15) is 13.3 Å². The number of hydrogen-bond donors (Lipinski definition) is 2. The zero-order valence-corrected chi connectivity index (χ0v) is 4.28. The molecule has 0 heterocycles. The Kier molecular flexibility index (Phi) is 2.78. The molecule has 0 saturated carbocycles. The van der Waals surface area contributed by atoms with Crippen molar-refractivity contribution in [2.45, 2.75) is 13.3 Å². The number of hydrogen-bond acceptors (Lipinski definition) is 1. The molecule has 0 aromatic carbocycles. The van der Waals surface area contributed by atoms with Gasteiger partial charge in [0.1, 0.15) is 0 Å². The van der Waals surface area contributed by atoms with Gasteiger partial charge in [-0.25, -0.2) is 0 Å². The zero-order valence-electron chi connectivity index (χ0n) is 4.28. The van der Waals surface area contributed by atoms with Gasteiger partial charge < -0.3 is 5.73 Å². The summed E-state index contributed by atoms with van der Waals surface area (Å²) in [6.45, 7) is 1.91. The maximum absolute atomic E-state index is 6.60. The molecule has 0 radical (unpaired) electrons. The van der Waals surface area contributed by atoms with Crippen LogP contribution in [0.5, 0.6) is 0 Å². The van der Waals surface area contributed by atoms with E-state index in [2.05, 4.69) is 11.8 Å². The summed E-state index contributed by atoms with van der Waals surface area (Å²) in [7, 11) is 0. The summed E-state index contributed by atoms with van der Waals surface area (Å²) in [5, 5.41) is 6.60. The molecule has 0 spiro atoms. The average Bonchev–Trinajstić information content (AvgIpc) is 1.61. The molecule has 0 atom stereocenters. The van der Waals surface area contributed by atoms with Gasteiger partial charge >= 0.3 is 0 Å². The lowest BCUT2D eigenvalue weighted by Gasteiger charge is -1.72. The van der Waals surface area contributed by atoms with Gasteiger partial charge in [0.2, 0.25) is 0 Å². The predicted molar refractivity (Wildman–Crippen MR) is 30.0 cm³/mol. The molecule has 0 aromatic rings. The van der Waals surface area contributed by atoms with Crippen LogP contribution >= 0.6 is 0 Å². The normalized spacial score (nSPS) is 6.43. The van der Waals surface area contributed by atoms with Gasteiger partial charge in [-0.1, -0.05) is 12.8 Å². The molecule has 0 aliphatic heterocycles. The first-order chi connectivity index (χ1) is 3.27. The third-order valence-corrected chi connectivity index (χ3v) is 0.400. The summed E-state index contributed by atoms with van der Waals surface area (Å²) in [4.78, 5) is 0. The predicted octanol–water partition coefficient (Wildman–Crippen LogP) is 0.336. The molecule has 0 rings (SSSR count). The van der Waals surface area contributed by atoms with E-state index in [0.29, 0.717) is 0 Å². The first-order valence-electron chi connectivity index (χ1n) is 2.10. The third-order valence-electron chi connectivity index (χ3n) is 0.400. The van der Waals surface area contributed by atoms with E-state index in [9.17, 15) is 0 Å². The minimum atomic E-state index is -0.0538. The molecular weight excluding hydrogens is 88.1 g/mol. The van der Waals surface area contributed by atoms with Gasteiger partial charge in [0, 0.05) is 6.42 Å². The lowest BCUT2D eigenvalue weighted by Crippen LogP contribution is -2.04. The topological polar surface area (TPSA) is 49.9 Å². The number of amidine groups is 1. The molecule has 2 heteroatoms. The Bertz CT molecular complexity index is 116. The summed E-state index contributed by atoms with van der Waals surface area (Å²) in [6, 6.07) is 0. The molecule has 0 fully saturated rings. The maximum Gasteiger partial charge on any atom is 0.168 e. The summed E-state index contributed by atoms with van der Waals surface area (Å²) in [5.41, 5.74) is 4.89. The van der Waals surface area contributed by atoms with Crippen LogP contribution in [0.2, 0.25) is 0 Å². The molecule has 38 valence electrons. The van der Waals surface area contributed by atoms with Crippen LogP contribution in [0.15, 0.2) is 0 Å². The molecule has 0 aromatic heterocycles. The van der Waals surface area contributed by atoms with Crippen molar-refractivity contribution in [1.82, 2.24) is 0 Å². The largest absolute Gasteiger partial charge is 0.377 e. The van der Waals surface area contributed by atoms with Crippen LogP contribution in [-0.2, 0) is 0 Å². The second kappa shape index (κ2) is 3.23. The number of nitrogens with one attached hydrogen (secondary N) is 1. The van der Waals surface area contributed by atoms with Crippen molar-refractivity contribution >= 4 is 5.84 Å². The van der Waals surface area contributed by atoms with E-state index in [1.807, 2.05) is 6.92 Å². The second-order valence-electron chi connectivity index (χ2n) is 1.07. The van der Waals surface area contributed by atoms with Gasteiger partial charge in [-0.2, -0.15) is 0 Å². The lowest BCUT2D eigenvalue weighted by molar-refractivity contribution is 1.28. The van der Waals surface area contributed by atoms with Crippen molar-refractivity contribution in [3.8, 4) is 11.8 Å². The van der Waals surface area contributed by atoms with Crippen molar-refractivity contribution < 1.29 is 0 Å². The fourth-order valence-corrected chi connectivity index (χ4v) is 0.184. The highest BCUT2D eigenvalue weighted by molar-refractivity contribution is 5.94. The minimum Gasteiger partial charge on any atom is -0.377 e. The third kappa shape index (κ3) is 5.03. The lowest BCUT2D eigenvalue weighted by atomic mass is 10.4. The summed E-state index contributed by atoms with van der Waals surface area (Å²) in [5.74, 6) is 5.00. The smallest absolute Gasteiger partial charge is 0.168 e. The Balaban J connectivity index is 3.45. The highest BCUT2D eigenvalue weighted by Gasteiger charge is 1.68. The van der Waals surface area contributed by atoms with Crippen LogP contribution in [-0.4, -0.2) is 5.84 Å². The molecule has 0 unspecified atom stereocenters. The van der Waals surface area contributed by atoms with Gasteiger partial charge in [-0.05, 0) is 5.92 Å². The maximum atomic E-state index is 6.60.